The molecule has 29 heavy (non-hydrogen) atoms. The monoisotopic (exact) mass is 449 g/mol. The SMILES string of the molecule is C#CCOc1c(Cl)cc(C[C@@H]2SC(=O)N(Cc3ccc(Cl)cc3)C2=O)cc1OC. The molecule has 0 N–H and O–H groups in total. The van der Waals surface area contributed by atoms with Crippen LogP contribution in [0.15, 0.2) is 36.4 Å². The topological polar surface area (TPSA) is 55.8 Å². The molecule has 0 saturated carbocycles. The second-order valence-corrected chi connectivity index (χ2v) is 8.23. The van der Waals surface area contributed by atoms with Gasteiger partial charge in [-0.05, 0) is 41.8 Å². The molecule has 3 rings (SSSR count). The second kappa shape index (κ2) is 9.45. The van der Waals surface area contributed by atoms with Gasteiger partial charge in [0.25, 0.3) is 5.24 Å². The van der Waals surface area contributed by atoms with Crippen molar-refractivity contribution in [2.75, 3.05) is 13.7 Å². The van der Waals surface area contributed by atoms with E-state index in [4.69, 9.17) is 39.1 Å². The first kappa shape index (κ1) is 21.4. The molecule has 0 unspecified atom stereocenters. The Bertz CT molecular complexity index is 972. The van der Waals surface area contributed by atoms with Gasteiger partial charge in [0.05, 0.1) is 23.9 Å². The Morgan fingerprint density at radius 1 is 1.17 bits per heavy atom. The van der Waals surface area contributed by atoms with E-state index in [2.05, 4.69) is 5.92 Å². The number of carbonyl (C=O) groups is 2. The Kier molecular flexibility index (Phi) is 6.96. The van der Waals surface area contributed by atoms with E-state index < -0.39 is 5.25 Å². The van der Waals surface area contributed by atoms with Gasteiger partial charge in [-0.15, -0.1) is 6.42 Å². The number of ether oxygens (including phenoxy) is 2. The van der Waals surface area contributed by atoms with E-state index in [1.807, 2.05) is 0 Å². The molecule has 8 heteroatoms. The Balaban J connectivity index is 1.74. The highest BCUT2D eigenvalue weighted by molar-refractivity contribution is 8.15. The summed E-state index contributed by atoms with van der Waals surface area (Å²) in [5, 5.41) is 0.116. The maximum Gasteiger partial charge on any atom is 0.289 e. The Hall–Kier alpha value is -2.33. The van der Waals surface area contributed by atoms with Gasteiger partial charge in [0.1, 0.15) is 6.61 Å². The van der Waals surface area contributed by atoms with Gasteiger partial charge in [-0.2, -0.15) is 0 Å². The summed E-state index contributed by atoms with van der Waals surface area (Å²) in [5.41, 5.74) is 1.59. The lowest BCUT2D eigenvalue weighted by Gasteiger charge is -2.15. The summed E-state index contributed by atoms with van der Waals surface area (Å²) in [4.78, 5) is 26.4. The van der Waals surface area contributed by atoms with Gasteiger partial charge in [-0.25, -0.2) is 0 Å². The number of nitrogens with zero attached hydrogens (tertiary/aromatic N) is 1. The van der Waals surface area contributed by atoms with E-state index in [0.717, 1.165) is 22.9 Å². The third-order valence-corrected chi connectivity index (χ3v) is 5.88. The molecule has 150 valence electrons. The van der Waals surface area contributed by atoms with Crippen LogP contribution < -0.4 is 9.47 Å². The molecule has 0 aliphatic carbocycles. The highest BCUT2D eigenvalue weighted by Gasteiger charge is 2.39. The summed E-state index contributed by atoms with van der Waals surface area (Å²) in [7, 11) is 1.49. The number of rotatable bonds is 7. The van der Waals surface area contributed by atoms with Crippen LogP contribution in [-0.4, -0.2) is 35.0 Å². The van der Waals surface area contributed by atoms with Crippen LogP contribution in [0.25, 0.3) is 0 Å². The van der Waals surface area contributed by atoms with Crippen LogP contribution >= 0.6 is 35.0 Å². The Labute approximate surface area is 183 Å². The van der Waals surface area contributed by atoms with Crippen molar-refractivity contribution in [2.45, 2.75) is 18.2 Å². The minimum Gasteiger partial charge on any atom is -0.493 e. The van der Waals surface area contributed by atoms with Gasteiger partial charge in [0, 0.05) is 5.02 Å². The van der Waals surface area contributed by atoms with Crippen molar-refractivity contribution in [2.24, 2.45) is 0 Å². The number of hydrogen-bond donors (Lipinski definition) is 0. The zero-order valence-electron chi connectivity index (χ0n) is 15.5. The maximum absolute atomic E-state index is 12.8. The van der Waals surface area contributed by atoms with Crippen molar-refractivity contribution in [3.8, 4) is 23.8 Å². The van der Waals surface area contributed by atoms with Gasteiger partial charge in [0.15, 0.2) is 11.5 Å². The average molecular weight is 450 g/mol. The molecule has 0 bridgehead atoms. The van der Waals surface area contributed by atoms with Crippen LogP contribution in [0.3, 0.4) is 0 Å². The van der Waals surface area contributed by atoms with E-state index in [-0.39, 0.29) is 24.3 Å². The normalized spacial score (nSPS) is 16.1. The average Bonchev–Trinajstić information content (AvgIpc) is 2.95. The number of thioether (sulfide) groups is 1. The number of amides is 2. The summed E-state index contributed by atoms with van der Waals surface area (Å²) in [6.45, 7) is 0.266. The van der Waals surface area contributed by atoms with Crippen LogP contribution in [0, 0.1) is 12.3 Å². The molecule has 1 atom stereocenters. The lowest BCUT2D eigenvalue weighted by molar-refractivity contribution is -0.127. The molecule has 0 aromatic heterocycles. The fourth-order valence-electron chi connectivity index (χ4n) is 2.90. The van der Waals surface area contributed by atoms with Crippen molar-refractivity contribution in [3.05, 3.63) is 57.6 Å². The number of hydrogen-bond acceptors (Lipinski definition) is 5. The molecule has 5 nitrogen and oxygen atoms in total. The lowest BCUT2D eigenvalue weighted by Crippen LogP contribution is -2.31. The summed E-state index contributed by atoms with van der Waals surface area (Å²) in [5.74, 6) is 2.90. The highest BCUT2D eigenvalue weighted by atomic mass is 35.5. The van der Waals surface area contributed by atoms with Gasteiger partial charge in [0.2, 0.25) is 5.91 Å². The van der Waals surface area contributed by atoms with Gasteiger partial charge >= 0.3 is 0 Å². The zero-order chi connectivity index (χ0) is 21.0. The van der Waals surface area contributed by atoms with Crippen molar-refractivity contribution in [1.29, 1.82) is 0 Å². The molecular formula is C21H17Cl2NO4S. The van der Waals surface area contributed by atoms with E-state index in [1.165, 1.54) is 12.0 Å². The van der Waals surface area contributed by atoms with E-state index >= 15 is 0 Å². The largest absolute Gasteiger partial charge is 0.493 e. The van der Waals surface area contributed by atoms with Crippen LogP contribution in [0.2, 0.25) is 10.0 Å². The van der Waals surface area contributed by atoms with Crippen molar-refractivity contribution in [3.63, 3.8) is 0 Å². The number of carbonyl (C=O) groups excluding carboxylic acids is 2. The molecule has 2 aromatic carbocycles. The molecule has 0 spiro atoms. The number of imide groups is 1. The second-order valence-electron chi connectivity index (χ2n) is 6.23. The molecule has 2 aromatic rings. The molecule has 0 radical (unpaired) electrons. The minimum absolute atomic E-state index is 0.0561. The molecule has 1 aliphatic rings. The first-order valence-electron chi connectivity index (χ1n) is 8.62. The quantitative estimate of drug-likeness (QED) is 0.567. The van der Waals surface area contributed by atoms with Crippen LogP contribution in [-0.2, 0) is 17.8 Å². The third-order valence-electron chi connectivity index (χ3n) is 4.27. The first-order chi connectivity index (χ1) is 13.9. The fraction of sp³-hybridized carbons (Fsp3) is 0.238. The Morgan fingerprint density at radius 3 is 2.55 bits per heavy atom. The standard InChI is InChI=1S/C21H17Cl2NO4S/c1-3-8-28-19-16(23)9-14(10-17(19)27-2)11-18-20(25)24(21(26)29-18)12-13-4-6-15(22)7-5-13/h1,4-7,9-10,18H,8,11-12H2,2H3/t18-/m0/s1. The third kappa shape index (κ3) is 4.99. The minimum atomic E-state index is -0.534. The molecule has 1 fully saturated rings. The summed E-state index contributed by atoms with van der Waals surface area (Å²) in [6, 6.07) is 10.5. The predicted octanol–water partition coefficient (Wildman–Crippen LogP) is 4.82. The number of halogens is 2. The Morgan fingerprint density at radius 2 is 1.90 bits per heavy atom. The summed E-state index contributed by atoms with van der Waals surface area (Å²) < 4.78 is 10.8. The number of methoxy groups -OCH3 is 1. The van der Waals surface area contributed by atoms with Crippen molar-refractivity contribution < 1.29 is 19.1 Å². The number of benzene rings is 2. The van der Waals surface area contributed by atoms with E-state index in [1.54, 1.807) is 36.4 Å². The van der Waals surface area contributed by atoms with Gasteiger partial charge < -0.3 is 9.47 Å². The van der Waals surface area contributed by atoms with E-state index in [9.17, 15) is 9.59 Å². The molecular weight excluding hydrogens is 433 g/mol. The molecule has 1 saturated heterocycles. The molecule has 1 aliphatic heterocycles. The molecule has 2 amide bonds. The van der Waals surface area contributed by atoms with E-state index in [0.29, 0.717) is 28.0 Å². The smallest absolute Gasteiger partial charge is 0.289 e. The van der Waals surface area contributed by atoms with Crippen LogP contribution in [0.4, 0.5) is 4.79 Å². The summed E-state index contributed by atoms with van der Waals surface area (Å²) in [6.07, 6.45) is 5.55. The number of terminal acetylenes is 1. The lowest BCUT2D eigenvalue weighted by atomic mass is 10.1. The highest BCUT2D eigenvalue weighted by Crippen LogP contribution is 2.38. The van der Waals surface area contributed by atoms with Crippen LogP contribution in [0.5, 0.6) is 11.5 Å². The fourth-order valence-corrected chi connectivity index (χ4v) is 4.35. The van der Waals surface area contributed by atoms with Crippen molar-refractivity contribution in [1.82, 2.24) is 4.90 Å². The van der Waals surface area contributed by atoms with Crippen molar-refractivity contribution >= 4 is 46.1 Å². The zero-order valence-corrected chi connectivity index (χ0v) is 17.8. The van der Waals surface area contributed by atoms with Gasteiger partial charge in [-0.3, -0.25) is 14.5 Å². The predicted molar refractivity (Wildman–Crippen MR) is 115 cm³/mol. The van der Waals surface area contributed by atoms with Gasteiger partial charge in [-0.1, -0.05) is 53.0 Å². The maximum atomic E-state index is 12.8. The first-order valence-corrected chi connectivity index (χ1v) is 10.3. The summed E-state index contributed by atoms with van der Waals surface area (Å²) >= 11 is 13.2. The van der Waals surface area contributed by atoms with Crippen LogP contribution in [0.1, 0.15) is 11.1 Å². The molecule has 1 heterocycles.